The van der Waals surface area contributed by atoms with Crippen LogP contribution in [-0.4, -0.2) is 22.1 Å². The molecule has 1 N–H and O–H groups in total. The molecular formula is C21H15F2N3O3S. The fourth-order valence-corrected chi connectivity index (χ4v) is 4.15. The van der Waals surface area contributed by atoms with Crippen LogP contribution in [0.25, 0.3) is 5.69 Å². The molecule has 0 fully saturated rings. The quantitative estimate of drug-likeness (QED) is 0.648. The number of aromatic nitrogens is 1. The van der Waals surface area contributed by atoms with Crippen LogP contribution in [0.2, 0.25) is 0 Å². The molecule has 0 bridgehead atoms. The SMILES string of the molecule is CNC(=O)c1cc([S+]([O-])c2ccc(C#N)cc2)c(C)n(-c2cc(F)cc(F)c2)c1=O. The first-order valence-electron chi connectivity index (χ1n) is 8.64. The molecule has 0 aliphatic carbocycles. The lowest BCUT2D eigenvalue weighted by atomic mass is 10.2. The highest BCUT2D eigenvalue weighted by Crippen LogP contribution is 2.26. The van der Waals surface area contributed by atoms with Gasteiger partial charge in [-0.05, 0) is 43.3 Å². The van der Waals surface area contributed by atoms with E-state index in [9.17, 15) is 22.9 Å². The van der Waals surface area contributed by atoms with Crippen LogP contribution in [0.4, 0.5) is 8.78 Å². The van der Waals surface area contributed by atoms with Gasteiger partial charge in [0.15, 0.2) is 9.79 Å². The molecule has 1 aromatic heterocycles. The Hall–Kier alpha value is -3.48. The molecule has 3 aromatic rings. The van der Waals surface area contributed by atoms with Gasteiger partial charge in [-0.3, -0.25) is 14.2 Å². The van der Waals surface area contributed by atoms with E-state index in [4.69, 9.17) is 5.26 Å². The van der Waals surface area contributed by atoms with E-state index < -0.39 is 34.3 Å². The third kappa shape index (κ3) is 3.96. The fraction of sp³-hybridized carbons (Fsp3) is 0.0952. The standard InChI is InChI=1S/C21H15F2N3O3S/c1-12-19(30(29)17-5-3-13(11-24)4-6-17)10-18(20(27)25-2)21(28)26(12)16-8-14(22)7-15(23)9-16/h3-10H,1-2H3,(H,25,27). The number of hydrogen-bond donors (Lipinski definition) is 1. The van der Waals surface area contributed by atoms with Crippen molar-refractivity contribution in [2.24, 2.45) is 0 Å². The molecular weight excluding hydrogens is 412 g/mol. The second-order valence-corrected chi connectivity index (χ2v) is 7.71. The van der Waals surface area contributed by atoms with Gasteiger partial charge in [-0.15, -0.1) is 0 Å². The smallest absolute Gasteiger partial charge is 0.268 e. The summed E-state index contributed by atoms with van der Waals surface area (Å²) in [6.07, 6.45) is 0. The van der Waals surface area contributed by atoms with Crippen molar-refractivity contribution in [3.05, 3.63) is 87.3 Å². The van der Waals surface area contributed by atoms with Gasteiger partial charge in [0.25, 0.3) is 11.5 Å². The summed E-state index contributed by atoms with van der Waals surface area (Å²) < 4.78 is 41.7. The molecule has 0 spiro atoms. The van der Waals surface area contributed by atoms with E-state index >= 15 is 0 Å². The Kier molecular flexibility index (Phi) is 6.01. The first kappa shape index (κ1) is 21.2. The Morgan fingerprint density at radius 1 is 1.13 bits per heavy atom. The van der Waals surface area contributed by atoms with E-state index in [0.29, 0.717) is 16.5 Å². The first-order valence-corrected chi connectivity index (χ1v) is 9.79. The molecule has 1 unspecified atom stereocenters. The summed E-state index contributed by atoms with van der Waals surface area (Å²) in [5.41, 5.74) is -0.750. The lowest BCUT2D eigenvalue weighted by Crippen LogP contribution is -2.33. The Labute approximate surface area is 173 Å². The van der Waals surface area contributed by atoms with Gasteiger partial charge in [0.1, 0.15) is 17.2 Å². The van der Waals surface area contributed by atoms with Crippen LogP contribution in [0.1, 0.15) is 21.6 Å². The van der Waals surface area contributed by atoms with Gasteiger partial charge in [-0.2, -0.15) is 5.26 Å². The Morgan fingerprint density at radius 3 is 2.27 bits per heavy atom. The summed E-state index contributed by atoms with van der Waals surface area (Å²) in [7, 11) is 1.32. The molecule has 0 radical (unpaired) electrons. The van der Waals surface area contributed by atoms with Crippen molar-refractivity contribution < 1.29 is 18.1 Å². The van der Waals surface area contributed by atoms with Gasteiger partial charge >= 0.3 is 0 Å². The van der Waals surface area contributed by atoms with Crippen LogP contribution in [0.3, 0.4) is 0 Å². The number of nitriles is 1. The fourth-order valence-electron chi connectivity index (χ4n) is 2.92. The molecule has 0 saturated heterocycles. The molecule has 152 valence electrons. The van der Waals surface area contributed by atoms with E-state index in [-0.39, 0.29) is 21.8 Å². The molecule has 0 aliphatic rings. The summed E-state index contributed by atoms with van der Waals surface area (Å²) >= 11 is -1.84. The van der Waals surface area contributed by atoms with Crippen LogP contribution < -0.4 is 10.9 Å². The predicted octanol–water partition coefficient (Wildman–Crippen LogP) is 2.82. The van der Waals surface area contributed by atoms with E-state index in [0.717, 1.165) is 16.7 Å². The minimum absolute atomic E-state index is 0.113. The summed E-state index contributed by atoms with van der Waals surface area (Å²) in [5, 5.41) is 11.2. The zero-order chi connectivity index (χ0) is 22.0. The van der Waals surface area contributed by atoms with Crippen LogP contribution in [-0.2, 0) is 11.2 Å². The van der Waals surface area contributed by atoms with E-state index in [1.54, 1.807) is 0 Å². The lowest BCUT2D eigenvalue weighted by molar-refractivity contribution is 0.0961. The molecule has 3 rings (SSSR count). The number of pyridine rings is 1. The van der Waals surface area contributed by atoms with Crippen molar-refractivity contribution in [3.63, 3.8) is 0 Å². The van der Waals surface area contributed by atoms with Crippen molar-refractivity contribution in [1.29, 1.82) is 5.26 Å². The van der Waals surface area contributed by atoms with Crippen LogP contribution in [0, 0.1) is 29.9 Å². The van der Waals surface area contributed by atoms with Gasteiger partial charge < -0.3 is 9.87 Å². The molecule has 6 nitrogen and oxygen atoms in total. The Morgan fingerprint density at radius 2 is 1.73 bits per heavy atom. The largest absolute Gasteiger partial charge is 0.606 e. The highest BCUT2D eigenvalue weighted by atomic mass is 32.2. The second-order valence-electron chi connectivity index (χ2n) is 6.26. The van der Waals surface area contributed by atoms with Crippen molar-refractivity contribution >= 4 is 17.1 Å². The first-order chi connectivity index (χ1) is 14.3. The zero-order valence-corrected chi connectivity index (χ0v) is 16.7. The highest BCUT2D eigenvalue weighted by Gasteiger charge is 2.26. The van der Waals surface area contributed by atoms with Crippen molar-refractivity contribution in [2.45, 2.75) is 16.7 Å². The monoisotopic (exact) mass is 427 g/mol. The average Bonchev–Trinajstić information content (AvgIpc) is 2.72. The molecule has 0 aliphatic heterocycles. The normalized spacial score (nSPS) is 11.6. The number of carbonyl (C=O) groups excluding carboxylic acids is 1. The van der Waals surface area contributed by atoms with E-state index in [1.807, 2.05) is 6.07 Å². The maximum atomic E-state index is 13.8. The van der Waals surface area contributed by atoms with Crippen molar-refractivity contribution in [1.82, 2.24) is 9.88 Å². The van der Waals surface area contributed by atoms with Gasteiger partial charge in [0.2, 0.25) is 0 Å². The number of rotatable bonds is 4. The third-order valence-corrected chi connectivity index (χ3v) is 5.89. The molecule has 0 saturated carbocycles. The van der Waals surface area contributed by atoms with Crippen LogP contribution in [0.5, 0.6) is 0 Å². The maximum absolute atomic E-state index is 13.8. The summed E-state index contributed by atoms with van der Waals surface area (Å²) in [5.74, 6) is -2.54. The van der Waals surface area contributed by atoms with Gasteiger partial charge in [-0.25, -0.2) is 8.78 Å². The maximum Gasteiger partial charge on any atom is 0.268 e. The van der Waals surface area contributed by atoms with Crippen molar-refractivity contribution in [2.75, 3.05) is 7.05 Å². The van der Waals surface area contributed by atoms with Gasteiger partial charge in [0, 0.05) is 30.4 Å². The molecule has 1 atom stereocenters. The second kappa shape index (κ2) is 8.49. The van der Waals surface area contributed by atoms with Crippen LogP contribution >= 0.6 is 0 Å². The van der Waals surface area contributed by atoms with E-state index in [2.05, 4.69) is 5.32 Å². The third-order valence-electron chi connectivity index (χ3n) is 4.38. The number of amides is 1. The summed E-state index contributed by atoms with van der Waals surface area (Å²) in [6.45, 7) is 1.47. The van der Waals surface area contributed by atoms with Gasteiger partial charge in [-0.1, -0.05) is 0 Å². The number of halogens is 2. The number of nitrogens with zero attached hydrogens (tertiary/aromatic N) is 2. The predicted molar refractivity (Wildman–Crippen MR) is 106 cm³/mol. The molecule has 1 amide bonds. The molecule has 30 heavy (non-hydrogen) atoms. The Bertz CT molecular complexity index is 1210. The Balaban J connectivity index is 2.28. The zero-order valence-electron chi connectivity index (χ0n) is 15.9. The molecule has 9 heteroatoms. The summed E-state index contributed by atoms with van der Waals surface area (Å²) in [4.78, 5) is 25.6. The minimum atomic E-state index is -1.84. The number of carbonyl (C=O) groups is 1. The average molecular weight is 427 g/mol. The summed E-state index contributed by atoms with van der Waals surface area (Å²) in [6, 6.07) is 11.7. The van der Waals surface area contributed by atoms with Gasteiger partial charge in [0.05, 0.1) is 23.0 Å². The molecule has 1 heterocycles. The van der Waals surface area contributed by atoms with Crippen LogP contribution in [0.15, 0.2) is 63.1 Å². The number of benzene rings is 2. The molecule has 2 aromatic carbocycles. The highest BCUT2D eigenvalue weighted by molar-refractivity contribution is 7.91. The van der Waals surface area contributed by atoms with E-state index in [1.165, 1.54) is 44.3 Å². The minimum Gasteiger partial charge on any atom is -0.606 e. The lowest BCUT2D eigenvalue weighted by Gasteiger charge is -2.18. The topological polar surface area (TPSA) is 97.9 Å². The number of nitrogens with one attached hydrogen (secondary N) is 1. The number of hydrogen-bond acceptors (Lipinski definition) is 4. The van der Waals surface area contributed by atoms with Crippen molar-refractivity contribution in [3.8, 4) is 11.8 Å².